The molecule has 1 aliphatic rings. The predicted molar refractivity (Wildman–Crippen MR) is 101 cm³/mol. The smallest absolute Gasteiger partial charge is 0.120 e. The molecule has 136 valence electrons. The molecule has 1 aromatic heterocycles. The van der Waals surface area contributed by atoms with Gasteiger partial charge in [-0.1, -0.05) is 12.1 Å². The molecule has 0 radical (unpaired) electrons. The van der Waals surface area contributed by atoms with Crippen LogP contribution in [0.25, 0.3) is 22.2 Å². The van der Waals surface area contributed by atoms with Gasteiger partial charge < -0.3 is 19.5 Å². The fraction of sp³-hybridized carbons (Fsp3) is 0.350. The number of fused-ring (bicyclic) bond motifs is 4. The van der Waals surface area contributed by atoms with Crippen molar-refractivity contribution < 1.29 is 14.2 Å². The average molecular weight is 353 g/mol. The Kier molecular flexibility index (Phi) is 5.04. The topological polar surface area (TPSA) is 68.4 Å². The fourth-order valence-electron chi connectivity index (χ4n) is 3.23. The molecule has 1 aliphatic heterocycles. The van der Waals surface area contributed by atoms with Crippen LogP contribution in [0.4, 0.5) is 0 Å². The third-order valence-corrected chi connectivity index (χ3v) is 4.55. The Morgan fingerprint density at radius 3 is 2.92 bits per heavy atom. The summed E-state index contributed by atoms with van der Waals surface area (Å²) in [6.07, 6.45) is 0.859. The Balaban J connectivity index is 1.69. The number of H-pyrrole nitrogens is 1. The molecular weight excluding hydrogens is 330 g/mol. The molecule has 0 saturated carbocycles. The summed E-state index contributed by atoms with van der Waals surface area (Å²) in [5, 5.41) is 12.1. The van der Waals surface area contributed by atoms with E-state index in [1.807, 2.05) is 42.5 Å². The first kappa shape index (κ1) is 16.9. The standard InChI is InChI=1S/C20H23N3O3/c1-24-13-15-7-9-25-17-5-6-19-18(12-17)20(23-22-19)14-3-2-4-16(11-14)26-10-8-21-15/h2-6,11-12,15,21H,7-10,13H2,1H3,(H,22,23)/t15-/m0/s1. The van der Waals surface area contributed by atoms with Gasteiger partial charge in [0.25, 0.3) is 0 Å². The SMILES string of the molecule is COC[C@@H]1CCOc2ccc3[nH]nc(c3c2)-c2cccc(c2)OCCN1. The summed E-state index contributed by atoms with van der Waals surface area (Å²) in [4.78, 5) is 0. The van der Waals surface area contributed by atoms with Crippen molar-refractivity contribution in [3.8, 4) is 22.8 Å². The maximum atomic E-state index is 5.98. The number of nitrogens with one attached hydrogen (secondary N) is 2. The highest BCUT2D eigenvalue weighted by Crippen LogP contribution is 2.31. The maximum Gasteiger partial charge on any atom is 0.120 e. The van der Waals surface area contributed by atoms with Crippen LogP contribution < -0.4 is 14.8 Å². The first-order valence-electron chi connectivity index (χ1n) is 8.90. The van der Waals surface area contributed by atoms with Crippen LogP contribution in [0.5, 0.6) is 11.5 Å². The van der Waals surface area contributed by atoms with Crippen LogP contribution in [0.1, 0.15) is 6.42 Å². The van der Waals surface area contributed by atoms with Gasteiger partial charge in [-0.25, -0.2) is 0 Å². The van der Waals surface area contributed by atoms with E-state index in [1.165, 1.54) is 0 Å². The van der Waals surface area contributed by atoms with E-state index in [2.05, 4.69) is 15.5 Å². The van der Waals surface area contributed by atoms with E-state index < -0.39 is 0 Å². The first-order chi connectivity index (χ1) is 12.8. The van der Waals surface area contributed by atoms with Crippen LogP contribution in [-0.4, -0.2) is 49.7 Å². The molecule has 0 aliphatic carbocycles. The minimum absolute atomic E-state index is 0.230. The lowest BCUT2D eigenvalue weighted by Crippen LogP contribution is -2.37. The number of aromatic amines is 1. The largest absolute Gasteiger partial charge is 0.494 e. The lowest BCUT2D eigenvalue weighted by molar-refractivity contribution is 0.149. The molecule has 0 amide bonds. The Hall–Kier alpha value is -2.57. The quantitative estimate of drug-likeness (QED) is 0.741. The van der Waals surface area contributed by atoms with Crippen molar-refractivity contribution in [2.24, 2.45) is 0 Å². The summed E-state index contributed by atoms with van der Waals surface area (Å²) in [6, 6.07) is 14.3. The molecule has 0 saturated heterocycles. The Labute approximate surface area is 152 Å². The van der Waals surface area contributed by atoms with Gasteiger partial charge in [0, 0.05) is 30.6 Å². The normalized spacial score (nSPS) is 18.0. The van der Waals surface area contributed by atoms with Crippen LogP contribution in [0.2, 0.25) is 0 Å². The van der Waals surface area contributed by atoms with Gasteiger partial charge in [0.05, 0.1) is 18.7 Å². The third-order valence-electron chi connectivity index (χ3n) is 4.55. The van der Waals surface area contributed by atoms with E-state index in [-0.39, 0.29) is 6.04 Å². The van der Waals surface area contributed by atoms with Crippen LogP contribution in [0.15, 0.2) is 42.5 Å². The van der Waals surface area contributed by atoms with Gasteiger partial charge >= 0.3 is 0 Å². The summed E-state index contributed by atoms with van der Waals surface area (Å²) in [5.41, 5.74) is 2.91. The second-order valence-corrected chi connectivity index (χ2v) is 6.40. The first-order valence-corrected chi connectivity index (χ1v) is 8.90. The molecule has 6 nitrogen and oxygen atoms in total. The molecule has 0 spiro atoms. The Bertz CT molecular complexity index is 878. The lowest BCUT2D eigenvalue weighted by Gasteiger charge is -2.18. The summed E-state index contributed by atoms with van der Waals surface area (Å²) < 4.78 is 17.2. The van der Waals surface area contributed by atoms with Gasteiger partial charge in [-0.3, -0.25) is 5.10 Å². The molecule has 2 N–H and O–H groups in total. The number of ether oxygens (including phenoxy) is 3. The minimum atomic E-state index is 0.230. The zero-order chi connectivity index (χ0) is 17.8. The maximum absolute atomic E-state index is 5.98. The summed E-state index contributed by atoms with van der Waals surface area (Å²) in [5.74, 6) is 1.68. The van der Waals surface area contributed by atoms with Crippen molar-refractivity contribution >= 4 is 10.9 Å². The average Bonchev–Trinajstić information content (AvgIpc) is 3.08. The molecule has 6 heteroatoms. The zero-order valence-corrected chi connectivity index (χ0v) is 14.8. The monoisotopic (exact) mass is 353 g/mol. The molecule has 0 fully saturated rings. The lowest BCUT2D eigenvalue weighted by atomic mass is 10.1. The third kappa shape index (κ3) is 3.66. The van der Waals surface area contributed by atoms with Crippen molar-refractivity contribution in [1.82, 2.24) is 15.5 Å². The number of benzene rings is 2. The molecule has 26 heavy (non-hydrogen) atoms. The van der Waals surface area contributed by atoms with Gasteiger partial charge in [-0.15, -0.1) is 0 Å². The summed E-state index contributed by atoms with van der Waals surface area (Å²) >= 11 is 0. The van der Waals surface area contributed by atoms with Gasteiger partial charge in [0.1, 0.15) is 23.8 Å². The van der Waals surface area contributed by atoms with Crippen LogP contribution >= 0.6 is 0 Å². The minimum Gasteiger partial charge on any atom is -0.494 e. The highest BCUT2D eigenvalue weighted by Gasteiger charge is 2.12. The highest BCUT2D eigenvalue weighted by molar-refractivity contribution is 5.93. The molecule has 4 rings (SSSR count). The molecule has 1 atom stereocenters. The number of nitrogens with zero attached hydrogens (tertiary/aromatic N) is 1. The summed E-state index contributed by atoms with van der Waals surface area (Å²) in [6.45, 7) is 2.60. The van der Waals surface area contributed by atoms with Crippen LogP contribution in [0, 0.1) is 0 Å². The van der Waals surface area contributed by atoms with E-state index in [9.17, 15) is 0 Å². The second kappa shape index (κ2) is 7.76. The van der Waals surface area contributed by atoms with Crippen molar-refractivity contribution in [2.75, 3.05) is 33.5 Å². The van der Waals surface area contributed by atoms with Gasteiger partial charge in [-0.2, -0.15) is 5.10 Å². The molecule has 2 aromatic carbocycles. The predicted octanol–water partition coefficient (Wildman–Crippen LogP) is 3.00. The Morgan fingerprint density at radius 2 is 2.00 bits per heavy atom. The number of rotatable bonds is 2. The van der Waals surface area contributed by atoms with Crippen molar-refractivity contribution in [3.05, 3.63) is 42.5 Å². The van der Waals surface area contributed by atoms with Crippen LogP contribution in [0.3, 0.4) is 0 Å². The second-order valence-electron chi connectivity index (χ2n) is 6.40. The highest BCUT2D eigenvalue weighted by atomic mass is 16.5. The van der Waals surface area contributed by atoms with Gasteiger partial charge in [-0.05, 0) is 36.8 Å². The molecular formula is C20H23N3O3. The molecule has 0 unspecified atom stereocenters. The van der Waals surface area contributed by atoms with Crippen LogP contribution in [-0.2, 0) is 4.74 Å². The number of aromatic nitrogens is 2. The van der Waals surface area contributed by atoms with Gasteiger partial charge in [0.2, 0.25) is 0 Å². The molecule has 3 aromatic rings. The van der Waals surface area contributed by atoms with Gasteiger partial charge in [0.15, 0.2) is 0 Å². The van der Waals surface area contributed by atoms with E-state index in [0.29, 0.717) is 19.8 Å². The van der Waals surface area contributed by atoms with E-state index in [0.717, 1.165) is 46.6 Å². The van der Waals surface area contributed by atoms with Crippen molar-refractivity contribution in [1.29, 1.82) is 0 Å². The van der Waals surface area contributed by atoms with Crippen molar-refractivity contribution in [2.45, 2.75) is 12.5 Å². The zero-order valence-electron chi connectivity index (χ0n) is 14.8. The van der Waals surface area contributed by atoms with E-state index in [4.69, 9.17) is 14.2 Å². The summed E-state index contributed by atoms with van der Waals surface area (Å²) in [7, 11) is 1.72. The van der Waals surface area contributed by atoms with Crippen molar-refractivity contribution in [3.63, 3.8) is 0 Å². The molecule has 4 bridgehead atoms. The van der Waals surface area contributed by atoms with E-state index in [1.54, 1.807) is 7.11 Å². The fourth-order valence-corrected chi connectivity index (χ4v) is 3.23. The number of methoxy groups -OCH3 is 1. The number of hydrogen-bond donors (Lipinski definition) is 2. The van der Waals surface area contributed by atoms with E-state index >= 15 is 0 Å². The molecule has 2 heterocycles. The Morgan fingerprint density at radius 1 is 1.12 bits per heavy atom. The number of hydrogen-bond acceptors (Lipinski definition) is 5.